The second-order valence-corrected chi connectivity index (χ2v) is 5.60. The number of ether oxygens (including phenoxy) is 3. The summed E-state index contributed by atoms with van der Waals surface area (Å²) in [6.07, 6.45) is 0. The molecule has 4 nitrogen and oxygen atoms in total. The first-order chi connectivity index (χ1) is 10.3. The van der Waals surface area contributed by atoms with Crippen molar-refractivity contribution in [3.05, 3.63) is 46.4 Å². The molecule has 3 rings (SSSR count). The van der Waals surface area contributed by atoms with E-state index in [9.17, 15) is 0 Å². The summed E-state index contributed by atoms with van der Waals surface area (Å²) in [4.78, 5) is 0. The fourth-order valence-corrected chi connectivity index (χ4v) is 2.47. The molecule has 0 saturated heterocycles. The van der Waals surface area contributed by atoms with Crippen molar-refractivity contribution >= 4 is 21.6 Å². The minimum absolute atomic E-state index is 0.555. The largest absolute Gasteiger partial charge is 0.493 e. The van der Waals surface area contributed by atoms with Crippen molar-refractivity contribution in [2.24, 2.45) is 0 Å². The summed E-state index contributed by atoms with van der Waals surface area (Å²) in [5, 5.41) is 3.37. The quantitative estimate of drug-likeness (QED) is 0.910. The van der Waals surface area contributed by atoms with Crippen molar-refractivity contribution in [2.45, 2.75) is 6.54 Å². The van der Waals surface area contributed by atoms with Crippen LogP contribution in [0.4, 0.5) is 5.69 Å². The molecule has 1 aliphatic rings. The standard InChI is InChI=1S/C16H16BrNO3/c1-19-14-8-11(9-15-16(14)21-7-6-20-15)10-18-13-4-2-12(17)3-5-13/h2-5,8-9,18H,6-7,10H2,1H3. The Morgan fingerprint density at radius 1 is 1.14 bits per heavy atom. The predicted molar refractivity (Wildman–Crippen MR) is 85.5 cm³/mol. The van der Waals surface area contributed by atoms with Crippen LogP contribution >= 0.6 is 15.9 Å². The van der Waals surface area contributed by atoms with E-state index in [0.717, 1.165) is 21.5 Å². The third-order valence-electron chi connectivity index (χ3n) is 3.23. The molecule has 0 spiro atoms. The molecule has 0 aliphatic carbocycles. The molecule has 0 aromatic heterocycles. The summed E-state index contributed by atoms with van der Waals surface area (Å²) >= 11 is 3.43. The van der Waals surface area contributed by atoms with E-state index in [1.807, 2.05) is 36.4 Å². The summed E-state index contributed by atoms with van der Waals surface area (Å²) in [5.41, 5.74) is 2.14. The zero-order valence-corrected chi connectivity index (χ0v) is 13.3. The molecule has 0 radical (unpaired) electrons. The molecule has 0 unspecified atom stereocenters. The Kier molecular flexibility index (Phi) is 4.20. The molecule has 0 atom stereocenters. The monoisotopic (exact) mass is 349 g/mol. The van der Waals surface area contributed by atoms with E-state index in [-0.39, 0.29) is 0 Å². The third-order valence-corrected chi connectivity index (χ3v) is 3.76. The Hall–Kier alpha value is -1.88. The molecule has 5 heteroatoms. The van der Waals surface area contributed by atoms with Gasteiger partial charge in [-0.3, -0.25) is 0 Å². The zero-order chi connectivity index (χ0) is 14.7. The van der Waals surface area contributed by atoms with Crippen LogP contribution in [0.2, 0.25) is 0 Å². The molecular weight excluding hydrogens is 334 g/mol. The summed E-state index contributed by atoms with van der Waals surface area (Å²) < 4.78 is 17.7. The van der Waals surface area contributed by atoms with Crippen LogP contribution in [-0.4, -0.2) is 20.3 Å². The average Bonchev–Trinajstić information content (AvgIpc) is 2.53. The lowest BCUT2D eigenvalue weighted by atomic mass is 10.1. The first-order valence-electron chi connectivity index (χ1n) is 6.72. The topological polar surface area (TPSA) is 39.7 Å². The Balaban J connectivity index is 1.77. The maximum atomic E-state index is 5.64. The van der Waals surface area contributed by atoms with Gasteiger partial charge in [0.15, 0.2) is 11.5 Å². The van der Waals surface area contributed by atoms with Crippen molar-refractivity contribution in [3.63, 3.8) is 0 Å². The zero-order valence-electron chi connectivity index (χ0n) is 11.7. The van der Waals surface area contributed by atoms with Crippen molar-refractivity contribution in [2.75, 3.05) is 25.6 Å². The van der Waals surface area contributed by atoms with Crippen molar-refractivity contribution in [3.8, 4) is 17.2 Å². The third kappa shape index (κ3) is 3.24. The molecule has 1 heterocycles. The highest BCUT2D eigenvalue weighted by atomic mass is 79.9. The van der Waals surface area contributed by atoms with Crippen molar-refractivity contribution in [1.29, 1.82) is 0 Å². The van der Waals surface area contributed by atoms with Gasteiger partial charge in [0.25, 0.3) is 0 Å². The van der Waals surface area contributed by atoms with Crippen molar-refractivity contribution < 1.29 is 14.2 Å². The number of rotatable bonds is 4. The Bertz CT molecular complexity index is 611. The normalized spacial score (nSPS) is 12.9. The van der Waals surface area contributed by atoms with Gasteiger partial charge in [0.1, 0.15) is 13.2 Å². The van der Waals surface area contributed by atoms with Crippen molar-refractivity contribution in [1.82, 2.24) is 0 Å². The molecule has 2 aromatic carbocycles. The van der Waals surface area contributed by atoms with E-state index in [0.29, 0.717) is 31.3 Å². The van der Waals surface area contributed by atoms with E-state index >= 15 is 0 Å². The van der Waals surface area contributed by atoms with Gasteiger partial charge < -0.3 is 19.5 Å². The number of nitrogens with one attached hydrogen (secondary N) is 1. The van der Waals surface area contributed by atoms with Crippen LogP contribution in [0.25, 0.3) is 0 Å². The number of halogens is 1. The van der Waals surface area contributed by atoms with Gasteiger partial charge in [-0.1, -0.05) is 15.9 Å². The van der Waals surface area contributed by atoms with Gasteiger partial charge in [0, 0.05) is 16.7 Å². The molecule has 0 bridgehead atoms. The second kappa shape index (κ2) is 6.26. The molecule has 0 fully saturated rings. The lowest BCUT2D eigenvalue weighted by molar-refractivity contribution is 0.165. The highest BCUT2D eigenvalue weighted by Crippen LogP contribution is 2.40. The van der Waals surface area contributed by atoms with Crippen LogP contribution in [0.1, 0.15) is 5.56 Å². The Labute approximate surface area is 132 Å². The van der Waals surface area contributed by atoms with E-state index < -0.39 is 0 Å². The highest BCUT2D eigenvalue weighted by Gasteiger charge is 2.18. The SMILES string of the molecule is COc1cc(CNc2ccc(Br)cc2)cc2c1OCCO2. The lowest BCUT2D eigenvalue weighted by Crippen LogP contribution is -2.16. The first kappa shape index (κ1) is 14.1. The van der Waals surface area contributed by atoms with Crippen LogP contribution < -0.4 is 19.5 Å². The predicted octanol–water partition coefficient (Wildman–Crippen LogP) is 3.84. The molecule has 110 valence electrons. The van der Waals surface area contributed by atoms with E-state index in [4.69, 9.17) is 14.2 Å². The fourth-order valence-electron chi connectivity index (χ4n) is 2.20. The van der Waals surface area contributed by atoms with Crippen LogP contribution in [0.15, 0.2) is 40.9 Å². The second-order valence-electron chi connectivity index (χ2n) is 4.68. The van der Waals surface area contributed by atoms with Gasteiger partial charge in [-0.2, -0.15) is 0 Å². The van der Waals surface area contributed by atoms with Crippen LogP contribution in [0.3, 0.4) is 0 Å². The fraction of sp³-hybridized carbons (Fsp3) is 0.250. The molecular formula is C16H16BrNO3. The average molecular weight is 350 g/mol. The molecule has 1 N–H and O–H groups in total. The van der Waals surface area contributed by atoms with Gasteiger partial charge >= 0.3 is 0 Å². The van der Waals surface area contributed by atoms with E-state index in [1.54, 1.807) is 7.11 Å². The van der Waals surface area contributed by atoms with Gasteiger partial charge in [-0.15, -0.1) is 0 Å². The summed E-state index contributed by atoms with van der Waals surface area (Å²) in [5.74, 6) is 2.14. The van der Waals surface area contributed by atoms with E-state index in [1.165, 1.54) is 0 Å². The van der Waals surface area contributed by atoms with Gasteiger partial charge in [0.2, 0.25) is 5.75 Å². The van der Waals surface area contributed by atoms with Gasteiger partial charge in [0.05, 0.1) is 7.11 Å². The Morgan fingerprint density at radius 2 is 1.90 bits per heavy atom. The van der Waals surface area contributed by atoms with Crippen LogP contribution in [0.5, 0.6) is 17.2 Å². The maximum Gasteiger partial charge on any atom is 0.203 e. The van der Waals surface area contributed by atoms with Crippen LogP contribution in [-0.2, 0) is 6.54 Å². The number of fused-ring (bicyclic) bond motifs is 1. The van der Waals surface area contributed by atoms with Gasteiger partial charge in [-0.25, -0.2) is 0 Å². The summed E-state index contributed by atoms with van der Waals surface area (Å²) in [6, 6.07) is 12.0. The molecule has 0 saturated carbocycles. The summed E-state index contributed by atoms with van der Waals surface area (Å²) in [6.45, 7) is 1.81. The number of anilines is 1. The number of benzene rings is 2. The number of hydrogen-bond donors (Lipinski definition) is 1. The van der Waals surface area contributed by atoms with Crippen LogP contribution in [0, 0.1) is 0 Å². The first-order valence-corrected chi connectivity index (χ1v) is 7.51. The number of hydrogen-bond acceptors (Lipinski definition) is 4. The molecule has 2 aromatic rings. The highest BCUT2D eigenvalue weighted by molar-refractivity contribution is 9.10. The number of methoxy groups -OCH3 is 1. The minimum Gasteiger partial charge on any atom is -0.493 e. The lowest BCUT2D eigenvalue weighted by Gasteiger charge is -2.21. The molecule has 0 amide bonds. The summed E-state index contributed by atoms with van der Waals surface area (Å²) in [7, 11) is 1.64. The van der Waals surface area contributed by atoms with E-state index in [2.05, 4.69) is 21.2 Å². The molecule has 21 heavy (non-hydrogen) atoms. The minimum atomic E-state index is 0.555. The maximum absolute atomic E-state index is 5.64. The van der Waals surface area contributed by atoms with Gasteiger partial charge in [-0.05, 0) is 42.0 Å². The molecule has 1 aliphatic heterocycles. The smallest absolute Gasteiger partial charge is 0.203 e. The Morgan fingerprint density at radius 3 is 2.67 bits per heavy atom.